The van der Waals surface area contributed by atoms with Gasteiger partial charge in [0.2, 0.25) is 0 Å². The molecule has 1 fully saturated rings. The Hall–Kier alpha value is -4.78. The summed E-state index contributed by atoms with van der Waals surface area (Å²) in [5.74, 6) is 4.19. The van der Waals surface area contributed by atoms with Crippen LogP contribution in [0.1, 0.15) is 35.8 Å². The Morgan fingerprint density at radius 3 is 2.33 bits per heavy atom. The highest BCUT2D eigenvalue weighted by molar-refractivity contribution is 5.92. The number of aromatic nitrogens is 5. The van der Waals surface area contributed by atoms with Gasteiger partial charge in [0.15, 0.2) is 5.69 Å². The summed E-state index contributed by atoms with van der Waals surface area (Å²) >= 11 is 0. The number of halogens is 3. The number of hydrogen-bond donors (Lipinski definition) is 2. The van der Waals surface area contributed by atoms with Gasteiger partial charge in [0.1, 0.15) is 29.4 Å². The van der Waals surface area contributed by atoms with Gasteiger partial charge in [-0.25, -0.2) is 15.0 Å². The van der Waals surface area contributed by atoms with Crippen LogP contribution in [0.15, 0.2) is 60.9 Å². The molecule has 7 nitrogen and oxygen atoms in total. The quantitative estimate of drug-likeness (QED) is 0.251. The van der Waals surface area contributed by atoms with Crippen LogP contribution in [0.5, 0.6) is 5.75 Å². The van der Waals surface area contributed by atoms with Gasteiger partial charge >= 0.3 is 6.18 Å². The predicted molar refractivity (Wildman–Crippen MR) is 147 cm³/mol. The first-order valence-corrected chi connectivity index (χ1v) is 12.8. The lowest BCUT2D eigenvalue weighted by molar-refractivity contribution is -0.140. The molecule has 6 rings (SSSR count). The molecule has 0 saturated carbocycles. The Labute approximate surface area is 228 Å². The Morgan fingerprint density at radius 2 is 1.68 bits per heavy atom. The van der Waals surface area contributed by atoms with Crippen LogP contribution in [-0.2, 0) is 6.18 Å². The van der Waals surface area contributed by atoms with E-state index >= 15 is 0 Å². The van der Waals surface area contributed by atoms with Gasteiger partial charge in [-0.2, -0.15) is 13.2 Å². The van der Waals surface area contributed by atoms with E-state index in [0.29, 0.717) is 48.7 Å². The van der Waals surface area contributed by atoms with E-state index in [0.717, 1.165) is 28.0 Å². The Bertz CT molecular complexity index is 1690. The third-order valence-electron chi connectivity index (χ3n) is 7.32. The van der Waals surface area contributed by atoms with Crippen molar-refractivity contribution in [1.29, 1.82) is 0 Å². The third-order valence-corrected chi connectivity index (χ3v) is 7.32. The van der Waals surface area contributed by atoms with E-state index in [1.54, 1.807) is 24.3 Å². The summed E-state index contributed by atoms with van der Waals surface area (Å²) in [5.41, 5.74) is 2.88. The van der Waals surface area contributed by atoms with Crippen molar-refractivity contribution in [2.75, 3.05) is 25.1 Å². The number of nitrogens with one attached hydrogen (secondary N) is 2. The second-order valence-electron chi connectivity index (χ2n) is 9.70. The van der Waals surface area contributed by atoms with Crippen LogP contribution in [0.25, 0.3) is 33.5 Å². The van der Waals surface area contributed by atoms with Crippen molar-refractivity contribution in [2.45, 2.75) is 24.9 Å². The molecule has 1 saturated heterocycles. The normalized spacial score (nSPS) is 14.4. The van der Waals surface area contributed by atoms with Crippen LogP contribution in [0, 0.1) is 12.3 Å². The molecule has 0 unspecified atom stereocenters. The van der Waals surface area contributed by atoms with Crippen molar-refractivity contribution in [2.24, 2.45) is 0 Å². The molecule has 0 aliphatic carbocycles. The van der Waals surface area contributed by atoms with Crippen molar-refractivity contribution < 1.29 is 17.9 Å². The van der Waals surface area contributed by atoms with E-state index in [4.69, 9.17) is 11.2 Å². The first kappa shape index (κ1) is 25.5. The van der Waals surface area contributed by atoms with E-state index < -0.39 is 11.9 Å². The summed E-state index contributed by atoms with van der Waals surface area (Å²) in [7, 11) is 1.51. The molecule has 4 heterocycles. The van der Waals surface area contributed by atoms with Gasteiger partial charge < -0.3 is 19.6 Å². The van der Waals surface area contributed by atoms with Gasteiger partial charge in [0, 0.05) is 35.8 Å². The molecule has 2 N–H and O–H groups in total. The third kappa shape index (κ3) is 4.75. The number of alkyl halides is 3. The number of benzene rings is 2. The van der Waals surface area contributed by atoms with Crippen molar-refractivity contribution in [1.82, 2.24) is 24.9 Å². The Kier molecular flexibility index (Phi) is 6.42. The maximum Gasteiger partial charge on any atom is 0.435 e. The zero-order chi connectivity index (χ0) is 27.9. The Morgan fingerprint density at radius 1 is 0.975 bits per heavy atom. The van der Waals surface area contributed by atoms with E-state index in [9.17, 15) is 13.2 Å². The van der Waals surface area contributed by atoms with Crippen LogP contribution < -0.4 is 9.64 Å². The van der Waals surface area contributed by atoms with Crippen molar-refractivity contribution in [3.05, 3.63) is 78.0 Å². The Balaban J connectivity index is 1.23. The molecule has 2 aromatic carbocycles. The van der Waals surface area contributed by atoms with E-state index in [2.05, 4.69) is 35.7 Å². The maximum absolute atomic E-state index is 13.9. The van der Waals surface area contributed by atoms with E-state index in [1.807, 2.05) is 30.3 Å². The fourth-order valence-electron chi connectivity index (χ4n) is 5.20. The van der Waals surface area contributed by atoms with Crippen LogP contribution in [0.3, 0.4) is 0 Å². The minimum atomic E-state index is -4.58. The molecule has 5 aromatic rings. The smallest absolute Gasteiger partial charge is 0.435 e. The number of H-pyrrole nitrogens is 2. The average molecular weight is 543 g/mol. The number of ether oxygens (including phenoxy) is 1. The lowest BCUT2D eigenvalue weighted by atomic mass is 9.96. The highest BCUT2D eigenvalue weighted by atomic mass is 19.4. The number of piperidine rings is 1. The van der Waals surface area contributed by atoms with Gasteiger partial charge in [-0.15, -0.1) is 6.42 Å². The molecule has 3 aromatic heterocycles. The number of rotatable bonds is 5. The summed E-state index contributed by atoms with van der Waals surface area (Å²) in [6.45, 7) is 1.24. The second-order valence-corrected chi connectivity index (χ2v) is 9.70. The second kappa shape index (κ2) is 10.1. The molecule has 40 heavy (non-hydrogen) atoms. The zero-order valence-corrected chi connectivity index (χ0v) is 21.6. The first-order chi connectivity index (χ1) is 19.3. The van der Waals surface area contributed by atoms with Crippen LogP contribution in [0.4, 0.5) is 19.0 Å². The average Bonchev–Trinajstić information content (AvgIpc) is 3.63. The number of anilines is 1. The largest absolute Gasteiger partial charge is 0.497 e. The summed E-state index contributed by atoms with van der Waals surface area (Å²) in [4.78, 5) is 21.5. The lowest BCUT2D eigenvalue weighted by Gasteiger charge is -2.32. The molecule has 0 radical (unpaired) electrons. The summed E-state index contributed by atoms with van der Waals surface area (Å²) in [5, 5.41) is 0.885. The summed E-state index contributed by atoms with van der Waals surface area (Å²) < 4.78 is 46.9. The number of aromatic amines is 2. The number of terminal acetylenes is 1. The van der Waals surface area contributed by atoms with Gasteiger partial charge in [-0.05, 0) is 60.9 Å². The first-order valence-electron chi connectivity index (χ1n) is 12.8. The molecule has 0 bridgehead atoms. The number of nitrogens with zero attached hydrogens (tertiary/aromatic N) is 4. The van der Waals surface area contributed by atoms with E-state index in [-0.39, 0.29) is 11.6 Å². The summed E-state index contributed by atoms with van der Waals surface area (Å²) in [6.07, 6.45) is 3.67. The zero-order valence-electron chi connectivity index (χ0n) is 21.6. The van der Waals surface area contributed by atoms with E-state index in [1.165, 1.54) is 13.4 Å². The molecular formula is C30H25F3N6O. The molecule has 0 spiro atoms. The van der Waals surface area contributed by atoms with Gasteiger partial charge in [0.25, 0.3) is 0 Å². The minimum Gasteiger partial charge on any atom is -0.497 e. The number of hydrogen-bond acceptors (Lipinski definition) is 5. The SMILES string of the molecule is C#Cc1ccc(-c2cc3c(N4CCC(c5nc(C(F)(F)F)c(-c6ccc(OC)cc6)[nH]5)CC4)ncnc3[nH]2)cc1. The van der Waals surface area contributed by atoms with Crippen molar-refractivity contribution >= 4 is 16.9 Å². The highest BCUT2D eigenvalue weighted by Crippen LogP contribution is 2.39. The fraction of sp³-hybridized carbons (Fsp3) is 0.233. The van der Waals surface area contributed by atoms with Gasteiger partial charge in [-0.1, -0.05) is 18.1 Å². The lowest BCUT2D eigenvalue weighted by Crippen LogP contribution is -2.34. The number of fused-ring (bicyclic) bond motifs is 1. The van der Waals surface area contributed by atoms with Crippen LogP contribution in [0.2, 0.25) is 0 Å². The highest BCUT2D eigenvalue weighted by Gasteiger charge is 2.39. The molecule has 0 atom stereocenters. The van der Waals surface area contributed by atoms with Crippen molar-refractivity contribution in [3.8, 4) is 40.6 Å². The maximum atomic E-state index is 13.9. The van der Waals surface area contributed by atoms with Gasteiger partial charge in [0.05, 0.1) is 18.2 Å². The molecule has 10 heteroatoms. The molecule has 1 aliphatic heterocycles. The number of imidazole rings is 1. The topological polar surface area (TPSA) is 82.7 Å². The fourth-order valence-corrected chi connectivity index (χ4v) is 5.20. The van der Waals surface area contributed by atoms with Gasteiger partial charge in [-0.3, -0.25) is 0 Å². The molecule has 0 amide bonds. The predicted octanol–water partition coefficient (Wildman–Crippen LogP) is 6.41. The number of methoxy groups -OCH3 is 1. The van der Waals surface area contributed by atoms with Crippen molar-refractivity contribution in [3.63, 3.8) is 0 Å². The molecule has 202 valence electrons. The minimum absolute atomic E-state index is 0.0276. The molecular weight excluding hydrogens is 517 g/mol. The standard InChI is InChI=1S/C30H25F3N6O/c1-3-18-4-6-19(7-5-18)24-16-23-28(36-24)34-17-35-29(23)39-14-12-21(13-15-39)27-37-25(26(38-27)30(31,32)33)20-8-10-22(40-2)11-9-20/h1,4-11,16-17,21H,12-15H2,2H3,(H,37,38)(H,34,35,36). The monoisotopic (exact) mass is 542 g/mol. The summed E-state index contributed by atoms with van der Waals surface area (Å²) in [6, 6.07) is 16.2. The van der Waals surface area contributed by atoms with Crippen LogP contribution >= 0.6 is 0 Å². The van der Waals surface area contributed by atoms with Crippen LogP contribution in [-0.4, -0.2) is 45.1 Å². The molecule has 1 aliphatic rings.